The van der Waals surface area contributed by atoms with E-state index in [4.69, 9.17) is 11.6 Å². The van der Waals surface area contributed by atoms with Crippen molar-refractivity contribution in [3.8, 4) is 0 Å². The molecule has 0 heterocycles. The van der Waals surface area contributed by atoms with Crippen molar-refractivity contribution in [3.05, 3.63) is 34.9 Å². The molecule has 2 bridgehead atoms. The van der Waals surface area contributed by atoms with Crippen molar-refractivity contribution in [2.24, 2.45) is 17.8 Å². The Morgan fingerprint density at radius 3 is 2.78 bits per heavy atom. The summed E-state index contributed by atoms with van der Waals surface area (Å²) >= 11 is 6.08. The van der Waals surface area contributed by atoms with Gasteiger partial charge < -0.3 is 5.32 Å². The highest BCUT2D eigenvalue weighted by atomic mass is 35.5. The van der Waals surface area contributed by atoms with Crippen LogP contribution in [0.25, 0.3) is 0 Å². The fraction of sp³-hybridized carbons (Fsp3) is 0.533. The fourth-order valence-corrected chi connectivity index (χ4v) is 3.72. The quantitative estimate of drug-likeness (QED) is 0.890. The Morgan fingerprint density at radius 2 is 2.11 bits per heavy atom. The normalized spacial score (nSPS) is 29.5. The Bertz CT molecular complexity index is 460. The number of hydrogen-bond donors (Lipinski definition) is 1. The minimum absolute atomic E-state index is 0.224. The van der Waals surface area contributed by atoms with Crippen molar-refractivity contribution in [2.75, 3.05) is 0 Å². The van der Waals surface area contributed by atoms with E-state index in [-0.39, 0.29) is 11.8 Å². The number of halogens is 1. The number of carbonyl (C=O) groups excluding carboxylic acids is 1. The summed E-state index contributed by atoms with van der Waals surface area (Å²) < 4.78 is 0. The lowest BCUT2D eigenvalue weighted by Crippen LogP contribution is -2.33. The lowest BCUT2D eigenvalue weighted by atomic mass is 9.88. The molecule has 2 aliphatic carbocycles. The van der Waals surface area contributed by atoms with Gasteiger partial charge in [0.1, 0.15) is 0 Å². The van der Waals surface area contributed by atoms with Gasteiger partial charge in [0.15, 0.2) is 0 Å². The van der Waals surface area contributed by atoms with Crippen LogP contribution < -0.4 is 5.32 Å². The van der Waals surface area contributed by atoms with Gasteiger partial charge in [-0.25, -0.2) is 0 Å². The van der Waals surface area contributed by atoms with Gasteiger partial charge in [0.25, 0.3) is 0 Å². The first-order valence-electron chi connectivity index (χ1n) is 6.75. The van der Waals surface area contributed by atoms with Gasteiger partial charge in [-0.15, -0.1) is 0 Å². The van der Waals surface area contributed by atoms with E-state index in [0.29, 0.717) is 12.5 Å². The zero-order valence-electron chi connectivity index (χ0n) is 10.4. The lowest BCUT2D eigenvalue weighted by Gasteiger charge is -2.20. The number of rotatable bonds is 3. The molecule has 2 nitrogen and oxygen atoms in total. The van der Waals surface area contributed by atoms with E-state index in [2.05, 4.69) is 5.32 Å². The zero-order chi connectivity index (χ0) is 12.5. The van der Waals surface area contributed by atoms with Gasteiger partial charge in [0.05, 0.1) is 0 Å². The highest BCUT2D eigenvalue weighted by Crippen LogP contribution is 2.48. The summed E-state index contributed by atoms with van der Waals surface area (Å²) in [7, 11) is 0. The first-order chi connectivity index (χ1) is 8.74. The van der Waals surface area contributed by atoms with Crippen LogP contribution in [0.15, 0.2) is 24.3 Å². The Kier molecular flexibility index (Phi) is 3.29. The minimum atomic E-state index is 0.224. The fourth-order valence-electron chi connectivity index (χ4n) is 3.52. The summed E-state index contributed by atoms with van der Waals surface area (Å²) in [5.74, 6) is 1.93. The topological polar surface area (TPSA) is 29.1 Å². The molecular weight excluding hydrogens is 246 g/mol. The molecule has 0 spiro atoms. The van der Waals surface area contributed by atoms with Crippen molar-refractivity contribution in [2.45, 2.75) is 32.2 Å². The number of carbonyl (C=O) groups is 1. The maximum Gasteiger partial charge on any atom is 0.223 e. The Hall–Kier alpha value is -1.02. The van der Waals surface area contributed by atoms with E-state index in [1.54, 1.807) is 0 Å². The molecule has 3 unspecified atom stereocenters. The number of fused-ring (bicyclic) bond motifs is 2. The molecule has 0 saturated heterocycles. The van der Waals surface area contributed by atoms with E-state index in [1.807, 2.05) is 24.3 Å². The smallest absolute Gasteiger partial charge is 0.223 e. The van der Waals surface area contributed by atoms with Gasteiger partial charge in [-0.1, -0.05) is 36.2 Å². The Morgan fingerprint density at radius 1 is 1.28 bits per heavy atom. The van der Waals surface area contributed by atoms with Gasteiger partial charge in [-0.2, -0.15) is 0 Å². The largest absolute Gasteiger partial charge is 0.352 e. The maximum atomic E-state index is 12.2. The third-order valence-electron chi connectivity index (χ3n) is 4.49. The molecule has 1 aromatic rings. The average molecular weight is 264 g/mol. The molecule has 1 N–H and O–H groups in total. The summed E-state index contributed by atoms with van der Waals surface area (Å²) in [5, 5.41) is 3.77. The molecule has 0 aromatic heterocycles. The van der Waals surface area contributed by atoms with Gasteiger partial charge in [0.2, 0.25) is 5.91 Å². The summed E-state index contributed by atoms with van der Waals surface area (Å²) in [4.78, 5) is 12.2. The van der Waals surface area contributed by atoms with E-state index in [9.17, 15) is 4.79 Å². The first kappa shape index (κ1) is 12.0. The molecule has 0 aliphatic heterocycles. The minimum Gasteiger partial charge on any atom is -0.352 e. The number of amides is 1. The predicted molar refractivity (Wildman–Crippen MR) is 72.2 cm³/mol. The molecule has 18 heavy (non-hydrogen) atoms. The standard InChI is InChI=1S/C15H18ClNO/c16-14-4-2-1-3-12(14)9-17-15(18)13-8-10-5-6-11(13)7-10/h1-4,10-11,13H,5-9H2,(H,17,18). The van der Waals surface area contributed by atoms with Crippen LogP contribution in [0.3, 0.4) is 0 Å². The average Bonchev–Trinajstić information content (AvgIpc) is 2.99. The van der Waals surface area contributed by atoms with Crippen LogP contribution in [-0.2, 0) is 11.3 Å². The molecule has 3 rings (SSSR count). The summed E-state index contributed by atoms with van der Waals surface area (Å²) in [5.41, 5.74) is 0.996. The third kappa shape index (κ3) is 2.26. The number of hydrogen-bond acceptors (Lipinski definition) is 1. The highest BCUT2D eigenvalue weighted by Gasteiger charge is 2.42. The van der Waals surface area contributed by atoms with Gasteiger partial charge in [-0.05, 0) is 42.7 Å². The van der Waals surface area contributed by atoms with Crippen LogP contribution in [0.4, 0.5) is 0 Å². The molecule has 2 saturated carbocycles. The van der Waals surface area contributed by atoms with Crippen molar-refractivity contribution >= 4 is 17.5 Å². The molecule has 3 atom stereocenters. The molecule has 1 aromatic carbocycles. The van der Waals surface area contributed by atoms with E-state index >= 15 is 0 Å². The van der Waals surface area contributed by atoms with Crippen LogP contribution in [0.1, 0.15) is 31.2 Å². The Balaban J connectivity index is 1.58. The van der Waals surface area contributed by atoms with E-state index < -0.39 is 0 Å². The second kappa shape index (κ2) is 4.93. The van der Waals surface area contributed by atoms with Crippen molar-refractivity contribution in [1.29, 1.82) is 0 Å². The number of benzene rings is 1. The van der Waals surface area contributed by atoms with Crippen molar-refractivity contribution in [3.63, 3.8) is 0 Å². The van der Waals surface area contributed by atoms with Crippen LogP contribution >= 0.6 is 11.6 Å². The predicted octanol–water partition coefficient (Wildman–Crippen LogP) is 3.39. The lowest BCUT2D eigenvalue weighted by molar-refractivity contribution is -0.126. The summed E-state index contributed by atoms with van der Waals surface area (Å²) in [6.07, 6.45) is 4.94. The molecule has 2 aliphatic rings. The highest BCUT2D eigenvalue weighted by molar-refractivity contribution is 6.31. The molecule has 1 amide bonds. The SMILES string of the molecule is O=C(NCc1ccccc1Cl)C1CC2CCC1C2. The second-order valence-electron chi connectivity index (χ2n) is 5.59. The maximum absolute atomic E-state index is 12.2. The molecule has 0 radical (unpaired) electrons. The van der Waals surface area contributed by atoms with Crippen molar-refractivity contribution < 1.29 is 4.79 Å². The third-order valence-corrected chi connectivity index (χ3v) is 4.85. The zero-order valence-corrected chi connectivity index (χ0v) is 11.1. The van der Waals surface area contributed by atoms with Crippen LogP contribution in [0.2, 0.25) is 5.02 Å². The number of nitrogens with one attached hydrogen (secondary N) is 1. The van der Waals surface area contributed by atoms with Crippen LogP contribution in [-0.4, -0.2) is 5.91 Å². The van der Waals surface area contributed by atoms with E-state index in [0.717, 1.165) is 22.9 Å². The van der Waals surface area contributed by atoms with Crippen LogP contribution in [0, 0.1) is 17.8 Å². The monoisotopic (exact) mass is 263 g/mol. The first-order valence-corrected chi connectivity index (χ1v) is 7.13. The summed E-state index contributed by atoms with van der Waals surface area (Å²) in [6.45, 7) is 0.548. The van der Waals surface area contributed by atoms with Crippen LogP contribution in [0.5, 0.6) is 0 Å². The van der Waals surface area contributed by atoms with Gasteiger partial charge in [0, 0.05) is 17.5 Å². The molecular formula is C15H18ClNO. The van der Waals surface area contributed by atoms with Gasteiger partial charge >= 0.3 is 0 Å². The second-order valence-corrected chi connectivity index (χ2v) is 6.00. The van der Waals surface area contributed by atoms with E-state index in [1.165, 1.54) is 19.3 Å². The molecule has 2 fully saturated rings. The van der Waals surface area contributed by atoms with Gasteiger partial charge in [-0.3, -0.25) is 4.79 Å². The molecule has 3 heteroatoms. The van der Waals surface area contributed by atoms with Crippen molar-refractivity contribution in [1.82, 2.24) is 5.32 Å². The Labute approximate surface area is 113 Å². The molecule has 96 valence electrons. The summed E-state index contributed by atoms with van der Waals surface area (Å²) in [6, 6.07) is 7.68.